The van der Waals surface area contributed by atoms with Crippen LogP contribution in [0.25, 0.3) is 0 Å². The molecular weight excluding hydrogens is 386 g/mol. The van der Waals surface area contributed by atoms with E-state index in [0.29, 0.717) is 17.9 Å². The van der Waals surface area contributed by atoms with Crippen LogP contribution in [0.5, 0.6) is 0 Å². The maximum atomic E-state index is 12.8. The lowest BCUT2D eigenvalue weighted by Crippen LogP contribution is -2.46. The summed E-state index contributed by atoms with van der Waals surface area (Å²) in [5, 5.41) is 7.94. The molecule has 6 nitrogen and oxygen atoms in total. The van der Waals surface area contributed by atoms with Gasteiger partial charge in [-0.1, -0.05) is 49.4 Å². The Labute approximate surface area is 174 Å². The van der Waals surface area contributed by atoms with Gasteiger partial charge in [-0.3, -0.25) is 14.9 Å². The molecule has 2 atom stereocenters. The van der Waals surface area contributed by atoms with Gasteiger partial charge in [-0.05, 0) is 31.0 Å². The molecule has 2 aromatic rings. The number of hydrogen-bond acceptors (Lipinski definition) is 4. The smallest absolute Gasteiger partial charge is 0.322 e. The van der Waals surface area contributed by atoms with Crippen molar-refractivity contribution in [2.24, 2.45) is 0 Å². The van der Waals surface area contributed by atoms with Crippen LogP contribution in [0.4, 0.5) is 4.79 Å². The summed E-state index contributed by atoms with van der Waals surface area (Å²) in [6.45, 7) is 4.33. The third kappa shape index (κ3) is 4.98. The largest absolute Gasteiger partial charge is 0.351 e. The quantitative estimate of drug-likeness (QED) is 0.459. The Hall–Kier alpha value is -2.80. The lowest BCUT2D eigenvalue weighted by molar-refractivity contribution is -0.122. The summed E-state index contributed by atoms with van der Waals surface area (Å²) in [5.74, 6) is 0.0746. The van der Waals surface area contributed by atoms with Gasteiger partial charge in [0.25, 0.3) is 11.8 Å². The molecule has 3 N–H and O–H groups in total. The molecule has 0 bridgehead atoms. The number of hydrogen-bond donors (Lipinski definition) is 3. The van der Waals surface area contributed by atoms with Crippen molar-refractivity contribution in [1.29, 1.82) is 0 Å². The van der Waals surface area contributed by atoms with Crippen LogP contribution >= 0.6 is 11.8 Å². The van der Waals surface area contributed by atoms with Crippen molar-refractivity contribution < 1.29 is 14.4 Å². The van der Waals surface area contributed by atoms with Crippen molar-refractivity contribution >= 4 is 29.6 Å². The summed E-state index contributed by atoms with van der Waals surface area (Å²) < 4.78 is 0. The predicted molar refractivity (Wildman–Crippen MR) is 114 cm³/mol. The van der Waals surface area contributed by atoms with Crippen molar-refractivity contribution in [3.63, 3.8) is 0 Å². The highest BCUT2D eigenvalue weighted by atomic mass is 32.2. The molecule has 29 heavy (non-hydrogen) atoms. The fraction of sp³-hybridized carbons (Fsp3) is 0.318. The van der Waals surface area contributed by atoms with Crippen molar-refractivity contribution in [1.82, 2.24) is 16.0 Å². The molecule has 0 saturated carbocycles. The second kappa shape index (κ2) is 9.13. The fourth-order valence-electron chi connectivity index (χ4n) is 3.22. The van der Waals surface area contributed by atoms with E-state index in [1.165, 1.54) is 17.3 Å². The minimum absolute atomic E-state index is 0.146. The Morgan fingerprint density at radius 3 is 2.45 bits per heavy atom. The minimum atomic E-state index is -0.994. The fourth-order valence-corrected chi connectivity index (χ4v) is 4.36. The molecule has 4 amide bonds. The molecule has 0 radical (unpaired) electrons. The summed E-state index contributed by atoms with van der Waals surface area (Å²) in [7, 11) is 0. The van der Waals surface area contributed by atoms with Crippen molar-refractivity contribution in [2.75, 3.05) is 12.3 Å². The van der Waals surface area contributed by atoms with Crippen LogP contribution in [0.3, 0.4) is 0 Å². The Morgan fingerprint density at radius 1 is 1.10 bits per heavy atom. The van der Waals surface area contributed by atoms with E-state index in [-0.39, 0.29) is 17.7 Å². The van der Waals surface area contributed by atoms with E-state index < -0.39 is 11.6 Å². The zero-order chi connectivity index (χ0) is 20.9. The van der Waals surface area contributed by atoms with E-state index in [1.54, 1.807) is 13.0 Å². The van der Waals surface area contributed by atoms with Crippen molar-refractivity contribution in [2.45, 2.75) is 36.6 Å². The first kappa shape index (κ1) is 20.9. The third-order valence-electron chi connectivity index (χ3n) is 5.04. The van der Waals surface area contributed by atoms with E-state index in [2.05, 4.69) is 35.0 Å². The monoisotopic (exact) mass is 411 g/mol. The van der Waals surface area contributed by atoms with Crippen LogP contribution in [0.1, 0.15) is 42.1 Å². The van der Waals surface area contributed by atoms with E-state index in [1.807, 2.05) is 36.4 Å². The Morgan fingerprint density at radius 2 is 1.79 bits per heavy atom. The summed E-state index contributed by atoms with van der Waals surface area (Å²) >= 11 is 1.38. The number of nitrogens with one attached hydrogen (secondary N) is 3. The first-order valence-electron chi connectivity index (χ1n) is 9.61. The van der Waals surface area contributed by atoms with Gasteiger partial charge >= 0.3 is 6.03 Å². The van der Waals surface area contributed by atoms with Gasteiger partial charge < -0.3 is 10.6 Å². The highest BCUT2D eigenvalue weighted by Gasteiger charge is 2.41. The molecule has 0 unspecified atom stereocenters. The third-order valence-corrected chi connectivity index (χ3v) is 6.43. The van der Waals surface area contributed by atoms with E-state index in [4.69, 9.17) is 0 Å². The molecular formula is C22H25N3O3S. The minimum Gasteiger partial charge on any atom is -0.351 e. The van der Waals surface area contributed by atoms with Crippen molar-refractivity contribution in [3.8, 4) is 0 Å². The highest BCUT2D eigenvalue weighted by Crippen LogP contribution is 2.28. The summed E-state index contributed by atoms with van der Waals surface area (Å²) in [6.07, 6.45) is 0.924. The SMILES string of the molecule is CC[C@H](CNC(=O)c1ccccc1SC[C@]1(C)NC(=O)NC1=O)c1ccccc1. The average Bonchev–Trinajstić information content (AvgIpc) is 2.99. The number of benzene rings is 2. The average molecular weight is 412 g/mol. The molecule has 0 aliphatic carbocycles. The Bertz CT molecular complexity index is 903. The zero-order valence-electron chi connectivity index (χ0n) is 16.5. The van der Waals surface area contributed by atoms with Gasteiger partial charge in [0.05, 0.1) is 5.56 Å². The normalized spacial score (nSPS) is 19.4. The maximum Gasteiger partial charge on any atom is 0.322 e. The molecule has 1 saturated heterocycles. The van der Waals surface area contributed by atoms with Gasteiger partial charge in [0, 0.05) is 23.1 Å². The van der Waals surface area contributed by atoms with E-state index in [9.17, 15) is 14.4 Å². The van der Waals surface area contributed by atoms with Gasteiger partial charge in [0.15, 0.2) is 0 Å². The van der Waals surface area contributed by atoms with Crippen LogP contribution in [-0.4, -0.2) is 35.7 Å². The number of carbonyl (C=O) groups is 3. The lowest BCUT2D eigenvalue weighted by Gasteiger charge is -2.21. The standard InChI is InChI=1S/C22H25N3O3S/c1-3-15(16-9-5-4-6-10-16)13-23-19(26)17-11-7-8-12-18(17)29-14-22(2)20(27)24-21(28)25-22/h4-12,15H,3,13-14H2,1-2H3,(H,23,26)(H2,24,25,27,28)/t15-,22+/m1/s1. The molecule has 0 aromatic heterocycles. The second-order valence-corrected chi connectivity index (χ2v) is 8.27. The van der Waals surface area contributed by atoms with Crippen molar-refractivity contribution in [3.05, 3.63) is 65.7 Å². The number of imide groups is 1. The molecule has 1 fully saturated rings. The van der Waals surface area contributed by atoms with Crippen LogP contribution in [0, 0.1) is 0 Å². The number of carbonyl (C=O) groups excluding carboxylic acids is 3. The topological polar surface area (TPSA) is 87.3 Å². The van der Waals surface area contributed by atoms with Gasteiger partial charge in [0.1, 0.15) is 5.54 Å². The Balaban J connectivity index is 1.65. The second-order valence-electron chi connectivity index (χ2n) is 7.25. The number of rotatable bonds is 8. The number of thioether (sulfide) groups is 1. The summed E-state index contributed by atoms with van der Waals surface area (Å²) in [5.41, 5.74) is 0.772. The molecule has 1 heterocycles. The molecule has 3 rings (SSSR count). The maximum absolute atomic E-state index is 12.8. The molecule has 7 heteroatoms. The lowest BCUT2D eigenvalue weighted by atomic mass is 9.96. The highest BCUT2D eigenvalue weighted by molar-refractivity contribution is 7.99. The summed E-state index contributed by atoms with van der Waals surface area (Å²) in [4.78, 5) is 37.0. The molecule has 152 valence electrons. The Kier molecular flexibility index (Phi) is 6.59. The van der Waals surface area contributed by atoms with Gasteiger partial charge in [-0.2, -0.15) is 0 Å². The zero-order valence-corrected chi connectivity index (χ0v) is 17.3. The molecule has 1 aliphatic rings. The summed E-state index contributed by atoms with van der Waals surface area (Å²) in [6, 6.07) is 17.0. The van der Waals surface area contributed by atoms with Crippen LogP contribution < -0.4 is 16.0 Å². The number of amides is 4. The van der Waals surface area contributed by atoms with E-state index in [0.717, 1.165) is 11.3 Å². The molecule has 1 aliphatic heterocycles. The van der Waals surface area contributed by atoms with Crippen LogP contribution in [0.2, 0.25) is 0 Å². The van der Waals surface area contributed by atoms with Gasteiger partial charge in [0.2, 0.25) is 0 Å². The molecule has 0 spiro atoms. The van der Waals surface area contributed by atoms with Gasteiger partial charge in [-0.15, -0.1) is 11.8 Å². The first-order chi connectivity index (χ1) is 13.9. The van der Waals surface area contributed by atoms with Crippen LogP contribution in [0.15, 0.2) is 59.5 Å². The predicted octanol–water partition coefficient (Wildman–Crippen LogP) is 3.30. The number of urea groups is 1. The van der Waals surface area contributed by atoms with Crippen LogP contribution in [-0.2, 0) is 4.79 Å². The van der Waals surface area contributed by atoms with Gasteiger partial charge in [-0.25, -0.2) is 4.79 Å². The molecule has 2 aromatic carbocycles. The first-order valence-corrected chi connectivity index (χ1v) is 10.6. The van der Waals surface area contributed by atoms with E-state index >= 15 is 0 Å².